The van der Waals surface area contributed by atoms with E-state index in [-0.39, 0.29) is 11.6 Å². The van der Waals surface area contributed by atoms with Crippen molar-refractivity contribution in [2.45, 2.75) is 18.9 Å². The van der Waals surface area contributed by atoms with Crippen molar-refractivity contribution in [1.29, 1.82) is 0 Å². The van der Waals surface area contributed by atoms with Crippen LogP contribution in [0.4, 0.5) is 10.1 Å². The first-order chi connectivity index (χ1) is 7.22. The zero-order valence-electron chi connectivity index (χ0n) is 8.00. The molecule has 0 aliphatic heterocycles. The van der Waals surface area contributed by atoms with Gasteiger partial charge in [-0.2, -0.15) is 0 Å². The number of nitrogens with zero attached hydrogens (tertiary/aromatic N) is 3. The number of aromatic nitrogens is 1. The van der Waals surface area contributed by atoms with E-state index in [9.17, 15) is 10.1 Å². The second-order valence-corrected chi connectivity index (χ2v) is 4.37. The normalized spacial score (nSPS) is 15.3. The Morgan fingerprint density at radius 3 is 2.93 bits per heavy atom. The highest BCUT2D eigenvalue weighted by Crippen LogP contribution is 2.35. The van der Waals surface area contributed by atoms with Crippen molar-refractivity contribution in [3.05, 3.63) is 16.3 Å². The number of nitro groups is 1. The van der Waals surface area contributed by atoms with E-state index in [1.165, 1.54) is 6.20 Å². The van der Waals surface area contributed by atoms with Crippen molar-refractivity contribution >= 4 is 21.5 Å². The van der Waals surface area contributed by atoms with E-state index in [2.05, 4.69) is 4.98 Å². The predicted octanol–water partition coefficient (Wildman–Crippen LogP) is 1.01. The van der Waals surface area contributed by atoms with Crippen LogP contribution in [0.3, 0.4) is 0 Å². The van der Waals surface area contributed by atoms with Crippen LogP contribution in [0.1, 0.15) is 12.8 Å². The minimum absolute atomic E-state index is 0.0455. The Labute approximate surface area is 90.3 Å². The van der Waals surface area contributed by atoms with Gasteiger partial charge in [0.2, 0.25) is 0 Å². The summed E-state index contributed by atoms with van der Waals surface area (Å²) in [5, 5.41) is 20.1. The Morgan fingerprint density at radius 2 is 2.47 bits per heavy atom. The molecule has 6 nitrogen and oxygen atoms in total. The topological polar surface area (TPSA) is 79.5 Å². The van der Waals surface area contributed by atoms with E-state index >= 15 is 0 Å². The smallest absolute Gasteiger partial charge is 0.345 e. The summed E-state index contributed by atoms with van der Waals surface area (Å²) < 4.78 is 0. The Balaban J connectivity index is 2.14. The van der Waals surface area contributed by atoms with Crippen LogP contribution in [-0.4, -0.2) is 34.2 Å². The largest absolute Gasteiger partial charge is 0.395 e. The van der Waals surface area contributed by atoms with Crippen molar-refractivity contribution in [2.24, 2.45) is 0 Å². The predicted molar refractivity (Wildman–Crippen MR) is 56.2 cm³/mol. The first kappa shape index (κ1) is 10.3. The van der Waals surface area contributed by atoms with Gasteiger partial charge in [0, 0.05) is 12.6 Å². The first-order valence-corrected chi connectivity index (χ1v) is 5.51. The average Bonchev–Trinajstić information content (AvgIpc) is 2.91. The molecule has 1 aromatic heterocycles. The van der Waals surface area contributed by atoms with Crippen LogP contribution < -0.4 is 4.90 Å². The molecule has 1 N–H and O–H groups in total. The van der Waals surface area contributed by atoms with Gasteiger partial charge in [-0.3, -0.25) is 10.1 Å². The molecule has 0 atom stereocenters. The highest BCUT2D eigenvalue weighted by molar-refractivity contribution is 7.18. The number of aliphatic hydroxyl groups excluding tert-OH is 1. The first-order valence-electron chi connectivity index (χ1n) is 4.70. The fraction of sp³-hybridized carbons (Fsp3) is 0.625. The lowest BCUT2D eigenvalue weighted by Crippen LogP contribution is -2.28. The summed E-state index contributed by atoms with van der Waals surface area (Å²) in [5.41, 5.74) is 0. The maximum atomic E-state index is 10.5. The minimum Gasteiger partial charge on any atom is -0.395 e. The lowest BCUT2D eigenvalue weighted by Gasteiger charge is -2.19. The van der Waals surface area contributed by atoms with E-state index in [0.717, 1.165) is 24.2 Å². The highest BCUT2D eigenvalue weighted by Gasteiger charge is 2.31. The number of thiazole rings is 1. The SMILES string of the molecule is O=[N+]([O-])c1cnc(N(CCO)C2CC2)s1. The molecule has 0 amide bonds. The van der Waals surface area contributed by atoms with Gasteiger partial charge in [0.25, 0.3) is 0 Å². The lowest BCUT2D eigenvalue weighted by molar-refractivity contribution is -0.380. The molecule has 0 saturated heterocycles. The molecule has 7 heteroatoms. The van der Waals surface area contributed by atoms with Gasteiger partial charge >= 0.3 is 5.00 Å². The molecule has 1 fully saturated rings. The molecule has 1 aliphatic carbocycles. The molecule has 0 radical (unpaired) electrons. The van der Waals surface area contributed by atoms with Gasteiger partial charge < -0.3 is 10.0 Å². The minimum atomic E-state index is -0.439. The Bertz CT molecular complexity index is 364. The van der Waals surface area contributed by atoms with Crippen LogP contribution in [0.5, 0.6) is 0 Å². The molecule has 0 unspecified atom stereocenters. The van der Waals surface area contributed by atoms with Gasteiger partial charge in [-0.25, -0.2) is 4.98 Å². The number of rotatable bonds is 5. The number of aliphatic hydroxyl groups is 1. The zero-order valence-corrected chi connectivity index (χ0v) is 8.81. The molecule has 2 rings (SSSR count). The highest BCUT2D eigenvalue weighted by atomic mass is 32.1. The third kappa shape index (κ3) is 2.24. The Morgan fingerprint density at radius 1 is 1.73 bits per heavy atom. The van der Waals surface area contributed by atoms with Gasteiger partial charge in [0.05, 0.1) is 11.5 Å². The van der Waals surface area contributed by atoms with Gasteiger partial charge in [0.1, 0.15) is 6.20 Å². The number of hydrogen-bond acceptors (Lipinski definition) is 6. The summed E-state index contributed by atoms with van der Waals surface area (Å²) in [6.07, 6.45) is 3.42. The van der Waals surface area contributed by atoms with Crippen LogP contribution in [0.2, 0.25) is 0 Å². The fourth-order valence-electron chi connectivity index (χ4n) is 1.40. The second-order valence-electron chi connectivity index (χ2n) is 3.39. The maximum absolute atomic E-state index is 10.5. The van der Waals surface area contributed by atoms with Gasteiger partial charge in [0.15, 0.2) is 5.13 Å². The van der Waals surface area contributed by atoms with Crippen molar-refractivity contribution < 1.29 is 10.0 Å². The quantitative estimate of drug-likeness (QED) is 0.602. The summed E-state index contributed by atoms with van der Waals surface area (Å²) in [7, 11) is 0. The van der Waals surface area contributed by atoms with Crippen LogP contribution in [0.25, 0.3) is 0 Å². The molecular weight excluding hydrogens is 218 g/mol. The molecular formula is C8H11N3O3S. The Hall–Kier alpha value is -1.21. The van der Waals surface area contributed by atoms with Crippen LogP contribution in [0, 0.1) is 10.1 Å². The van der Waals surface area contributed by atoms with E-state index in [1.807, 2.05) is 4.90 Å². The average molecular weight is 229 g/mol. The van der Waals surface area contributed by atoms with Gasteiger partial charge in [-0.15, -0.1) is 0 Å². The summed E-state index contributed by atoms with van der Waals surface area (Å²) in [6.45, 7) is 0.541. The van der Waals surface area contributed by atoms with Crippen molar-refractivity contribution in [2.75, 3.05) is 18.1 Å². The van der Waals surface area contributed by atoms with Crippen LogP contribution >= 0.6 is 11.3 Å². The third-order valence-electron chi connectivity index (χ3n) is 2.24. The molecule has 82 valence electrons. The summed E-state index contributed by atoms with van der Waals surface area (Å²) >= 11 is 1.06. The van der Waals surface area contributed by atoms with Crippen molar-refractivity contribution in [1.82, 2.24) is 4.98 Å². The summed E-state index contributed by atoms with van der Waals surface area (Å²) in [5.74, 6) is 0. The summed E-state index contributed by atoms with van der Waals surface area (Å²) in [4.78, 5) is 16.0. The molecule has 0 bridgehead atoms. The standard InChI is InChI=1S/C8H11N3O3S/c12-4-3-10(6-1-2-6)8-9-5-7(15-8)11(13)14/h5-6,12H,1-4H2. The lowest BCUT2D eigenvalue weighted by atomic mass is 10.5. The second kappa shape index (κ2) is 4.11. The van der Waals surface area contributed by atoms with E-state index in [0.29, 0.717) is 17.7 Å². The molecule has 1 heterocycles. The molecule has 1 aliphatic rings. The van der Waals surface area contributed by atoms with Gasteiger partial charge in [-0.1, -0.05) is 0 Å². The fourth-order valence-corrected chi connectivity index (χ4v) is 2.23. The molecule has 0 spiro atoms. The van der Waals surface area contributed by atoms with Gasteiger partial charge in [-0.05, 0) is 24.2 Å². The van der Waals surface area contributed by atoms with Crippen molar-refractivity contribution in [3.63, 3.8) is 0 Å². The molecule has 1 saturated carbocycles. The molecule has 0 aromatic carbocycles. The summed E-state index contributed by atoms with van der Waals surface area (Å²) in [6, 6.07) is 0.405. The molecule has 1 aromatic rings. The van der Waals surface area contributed by atoms with E-state index < -0.39 is 4.92 Å². The Kier molecular flexibility index (Phi) is 2.83. The third-order valence-corrected chi connectivity index (χ3v) is 3.22. The van der Waals surface area contributed by atoms with E-state index in [1.54, 1.807) is 0 Å². The monoisotopic (exact) mass is 229 g/mol. The maximum Gasteiger partial charge on any atom is 0.345 e. The zero-order chi connectivity index (χ0) is 10.8. The van der Waals surface area contributed by atoms with Crippen LogP contribution in [0.15, 0.2) is 6.20 Å². The van der Waals surface area contributed by atoms with E-state index in [4.69, 9.17) is 5.11 Å². The number of anilines is 1. The van der Waals surface area contributed by atoms with Crippen LogP contribution in [-0.2, 0) is 0 Å². The number of hydrogen-bond donors (Lipinski definition) is 1. The van der Waals surface area contributed by atoms with Crippen molar-refractivity contribution in [3.8, 4) is 0 Å². The molecule has 15 heavy (non-hydrogen) atoms.